The summed E-state index contributed by atoms with van der Waals surface area (Å²) >= 11 is 0. The van der Waals surface area contributed by atoms with E-state index in [-0.39, 0.29) is 6.42 Å². The second kappa shape index (κ2) is 10.0. The molecule has 0 fully saturated rings. The Morgan fingerprint density at radius 2 is 1.68 bits per heavy atom. The lowest BCUT2D eigenvalue weighted by molar-refractivity contribution is -0.136. The Kier molecular flexibility index (Phi) is 6.73. The summed E-state index contributed by atoms with van der Waals surface area (Å²) in [6.45, 7) is 3.52. The fraction of sp³-hybridized carbons (Fsp3) is 0.148. The number of aliphatic carboxylic acids is 1. The highest BCUT2D eigenvalue weighted by molar-refractivity contribution is 5.91. The quantitative estimate of drug-likeness (QED) is 0.341. The van der Waals surface area contributed by atoms with Crippen LogP contribution in [0, 0.1) is 6.92 Å². The van der Waals surface area contributed by atoms with Crippen LogP contribution < -0.4 is 5.32 Å². The van der Waals surface area contributed by atoms with Gasteiger partial charge in [0, 0.05) is 5.56 Å². The molecule has 0 radical (unpaired) electrons. The van der Waals surface area contributed by atoms with Gasteiger partial charge >= 0.3 is 12.1 Å². The normalized spacial score (nSPS) is 11.6. The molecule has 172 valence electrons. The van der Waals surface area contributed by atoms with E-state index in [9.17, 15) is 9.59 Å². The largest absolute Gasteiger partial charge is 0.481 e. The number of hydrogen-bond donors (Lipinski definition) is 2. The monoisotopic (exact) mass is 456 g/mol. The van der Waals surface area contributed by atoms with E-state index in [0.29, 0.717) is 17.1 Å². The molecule has 0 bridgehead atoms. The molecule has 0 spiro atoms. The predicted octanol–water partition coefficient (Wildman–Crippen LogP) is 6.25. The number of nitrogens with zero attached hydrogens (tertiary/aromatic N) is 1. The van der Waals surface area contributed by atoms with Crippen LogP contribution in [-0.2, 0) is 16.0 Å². The fourth-order valence-electron chi connectivity index (χ4n) is 3.66. The molecule has 0 aliphatic rings. The first-order valence-electron chi connectivity index (χ1n) is 10.8. The van der Waals surface area contributed by atoms with Gasteiger partial charge in [0.2, 0.25) is 0 Å². The van der Waals surface area contributed by atoms with Gasteiger partial charge in [0.25, 0.3) is 0 Å². The lowest BCUT2D eigenvalue weighted by atomic mass is 9.99. The molecule has 2 N–H and O–H groups in total. The van der Waals surface area contributed by atoms with Gasteiger partial charge in [0.05, 0.1) is 6.42 Å². The highest BCUT2D eigenvalue weighted by atomic mass is 16.6. The first-order valence-corrected chi connectivity index (χ1v) is 10.8. The summed E-state index contributed by atoms with van der Waals surface area (Å²) in [5.41, 5.74) is 5.17. The van der Waals surface area contributed by atoms with E-state index in [1.807, 2.05) is 72.8 Å². The average molecular weight is 456 g/mol. The number of carbonyl (C=O) groups excluding carboxylic acids is 1. The Labute approximate surface area is 197 Å². The van der Waals surface area contributed by atoms with Crippen molar-refractivity contribution in [2.24, 2.45) is 0 Å². The molecule has 1 aromatic heterocycles. The van der Waals surface area contributed by atoms with Crippen molar-refractivity contribution in [1.29, 1.82) is 0 Å². The van der Waals surface area contributed by atoms with Crippen molar-refractivity contribution in [1.82, 2.24) is 5.16 Å². The molecule has 0 aliphatic carbocycles. The zero-order valence-electron chi connectivity index (χ0n) is 18.8. The van der Waals surface area contributed by atoms with Crippen molar-refractivity contribution in [2.75, 3.05) is 5.32 Å². The number of anilines is 1. The van der Waals surface area contributed by atoms with E-state index in [1.54, 1.807) is 19.9 Å². The summed E-state index contributed by atoms with van der Waals surface area (Å²) in [7, 11) is 0. The van der Waals surface area contributed by atoms with E-state index in [0.717, 1.165) is 27.8 Å². The highest BCUT2D eigenvalue weighted by Gasteiger charge is 2.19. The van der Waals surface area contributed by atoms with Crippen LogP contribution >= 0.6 is 0 Å². The maximum atomic E-state index is 12.5. The summed E-state index contributed by atoms with van der Waals surface area (Å²) in [6, 6.07) is 24.5. The van der Waals surface area contributed by atoms with Crippen LogP contribution in [0.2, 0.25) is 0 Å². The molecule has 0 saturated heterocycles. The Morgan fingerprint density at radius 3 is 2.38 bits per heavy atom. The lowest BCUT2D eigenvalue weighted by Gasteiger charge is -2.14. The van der Waals surface area contributed by atoms with Crippen molar-refractivity contribution in [3.63, 3.8) is 0 Å². The summed E-state index contributed by atoms with van der Waals surface area (Å²) < 4.78 is 10.8. The Hall–Kier alpha value is -4.39. The van der Waals surface area contributed by atoms with Gasteiger partial charge in [-0.05, 0) is 36.1 Å². The number of aromatic nitrogens is 1. The van der Waals surface area contributed by atoms with Crippen molar-refractivity contribution in [3.8, 4) is 22.4 Å². The smallest absolute Gasteiger partial charge is 0.412 e. The molecule has 7 nitrogen and oxygen atoms in total. The summed E-state index contributed by atoms with van der Waals surface area (Å²) in [5, 5.41) is 15.9. The Morgan fingerprint density at radius 1 is 0.971 bits per heavy atom. The minimum Gasteiger partial charge on any atom is -0.481 e. The topological polar surface area (TPSA) is 102 Å². The van der Waals surface area contributed by atoms with Crippen molar-refractivity contribution in [3.05, 3.63) is 95.7 Å². The van der Waals surface area contributed by atoms with E-state index in [4.69, 9.17) is 14.4 Å². The van der Waals surface area contributed by atoms with Gasteiger partial charge in [-0.15, -0.1) is 0 Å². The minimum absolute atomic E-state index is 0.0296. The van der Waals surface area contributed by atoms with Crippen LogP contribution in [0.25, 0.3) is 22.4 Å². The van der Waals surface area contributed by atoms with Gasteiger partial charge < -0.3 is 14.4 Å². The molecule has 34 heavy (non-hydrogen) atoms. The van der Waals surface area contributed by atoms with Gasteiger partial charge in [0.15, 0.2) is 5.76 Å². The third kappa shape index (κ3) is 5.32. The second-order valence-corrected chi connectivity index (χ2v) is 7.89. The number of amides is 1. The maximum Gasteiger partial charge on any atom is 0.412 e. The average Bonchev–Trinajstić information content (AvgIpc) is 3.19. The predicted molar refractivity (Wildman–Crippen MR) is 128 cm³/mol. The Balaban J connectivity index is 1.50. The minimum atomic E-state index is -0.870. The van der Waals surface area contributed by atoms with Crippen molar-refractivity contribution < 1.29 is 24.0 Å². The first kappa shape index (κ1) is 22.8. The van der Waals surface area contributed by atoms with Crippen LogP contribution in [0.4, 0.5) is 10.5 Å². The third-order valence-electron chi connectivity index (χ3n) is 5.42. The SMILES string of the molecule is Cc1onc(-c2ccc(-c3cccc(CC(=O)O)c3)cc2)c1NC(=O)OC(C)c1ccccc1. The van der Waals surface area contributed by atoms with Gasteiger partial charge in [0.1, 0.15) is 17.5 Å². The molecule has 1 amide bonds. The Bertz CT molecular complexity index is 1300. The van der Waals surface area contributed by atoms with Crippen LogP contribution in [-0.4, -0.2) is 22.3 Å². The number of hydrogen-bond acceptors (Lipinski definition) is 5. The number of ether oxygens (including phenoxy) is 1. The summed E-state index contributed by atoms with van der Waals surface area (Å²) in [6.07, 6.45) is -1.05. The molecule has 0 aliphatic heterocycles. The number of aryl methyl sites for hydroxylation is 1. The highest BCUT2D eigenvalue weighted by Crippen LogP contribution is 2.32. The molecular formula is C27H24N2O5. The molecule has 4 aromatic rings. The molecule has 3 aromatic carbocycles. The van der Waals surface area contributed by atoms with Crippen LogP contribution in [0.5, 0.6) is 0 Å². The molecular weight excluding hydrogens is 432 g/mol. The number of nitrogens with one attached hydrogen (secondary N) is 1. The standard InChI is InChI=1S/C27H24N2O5/c1-17(20-8-4-3-5-9-20)33-27(32)28-25-18(2)34-29-26(25)22-13-11-21(12-14-22)23-10-6-7-19(15-23)16-24(30)31/h3-15,17H,16H2,1-2H3,(H,28,32)(H,30,31). The molecule has 1 heterocycles. The zero-order valence-corrected chi connectivity index (χ0v) is 18.8. The summed E-state index contributed by atoms with van der Waals surface area (Å²) in [5.74, 6) is -0.407. The van der Waals surface area contributed by atoms with E-state index >= 15 is 0 Å². The zero-order chi connectivity index (χ0) is 24.1. The van der Waals surface area contributed by atoms with Gasteiger partial charge in [-0.1, -0.05) is 84.0 Å². The number of carboxylic acid groups (broad SMARTS) is 1. The number of carbonyl (C=O) groups is 2. The third-order valence-corrected chi connectivity index (χ3v) is 5.42. The van der Waals surface area contributed by atoms with Gasteiger partial charge in [-0.2, -0.15) is 0 Å². The molecule has 7 heteroatoms. The fourth-order valence-corrected chi connectivity index (χ4v) is 3.66. The van der Waals surface area contributed by atoms with Crippen molar-refractivity contribution in [2.45, 2.75) is 26.4 Å². The molecule has 1 atom stereocenters. The number of rotatable bonds is 7. The number of carboxylic acids is 1. The number of benzene rings is 3. The van der Waals surface area contributed by atoms with Crippen molar-refractivity contribution >= 4 is 17.7 Å². The van der Waals surface area contributed by atoms with E-state index < -0.39 is 18.2 Å². The first-order chi connectivity index (χ1) is 16.4. The molecule has 0 saturated carbocycles. The second-order valence-electron chi connectivity index (χ2n) is 7.89. The van der Waals surface area contributed by atoms with E-state index in [2.05, 4.69) is 10.5 Å². The van der Waals surface area contributed by atoms with Crippen LogP contribution in [0.3, 0.4) is 0 Å². The summed E-state index contributed by atoms with van der Waals surface area (Å²) in [4.78, 5) is 23.5. The van der Waals surface area contributed by atoms with E-state index in [1.165, 1.54) is 0 Å². The molecule has 1 unspecified atom stereocenters. The molecule has 4 rings (SSSR count). The lowest BCUT2D eigenvalue weighted by Crippen LogP contribution is -2.16. The van der Waals surface area contributed by atoms with Crippen LogP contribution in [0.1, 0.15) is 29.9 Å². The maximum absolute atomic E-state index is 12.5. The van der Waals surface area contributed by atoms with Crippen LogP contribution in [0.15, 0.2) is 83.4 Å². The van der Waals surface area contributed by atoms with Gasteiger partial charge in [-0.3, -0.25) is 10.1 Å². The van der Waals surface area contributed by atoms with Gasteiger partial charge in [-0.25, -0.2) is 4.79 Å².